The van der Waals surface area contributed by atoms with E-state index in [0.29, 0.717) is 26.4 Å². The highest BCUT2D eigenvalue weighted by Gasteiger charge is 2.48. The van der Waals surface area contributed by atoms with Crippen molar-refractivity contribution >= 4 is 19.8 Å². The Labute approximate surface area is 245 Å². The summed E-state index contributed by atoms with van der Waals surface area (Å²) in [7, 11) is -1.49. The molecule has 0 N–H and O–H groups in total. The molecule has 3 aromatic carbocycles. The van der Waals surface area contributed by atoms with E-state index in [9.17, 15) is 0 Å². The summed E-state index contributed by atoms with van der Waals surface area (Å²) in [6.07, 6.45) is -0.507. The van der Waals surface area contributed by atoms with Crippen LogP contribution in [0.1, 0.15) is 23.6 Å². The molecular formula is C33H44O5SSi. The Hall–Kier alpha value is -1.97. The maximum absolute atomic E-state index is 6.75. The van der Waals surface area contributed by atoms with Crippen molar-refractivity contribution in [1.29, 1.82) is 0 Å². The van der Waals surface area contributed by atoms with Gasteiger partial charge in [0.05, 0.1) is 34.5 Å². The van der Waals surface area contributed by atoms with Gasteiger partial charge in [0.2, 0.25) is 0 Å². The first-order valence-electron chi connectivity index (χ1n) is 14.2. The number of hydrogen-bond acceptors (Lipinski definition) is 6. The minimum atomic E-state index is -1.49. The van der Waals surface area contributed by atoms with Crippen LogP contribution in [0.25, 0.3) is 0 Å². The zero-order chi connectivity index (χ0) is 28.2. The summed E-state index contributed by atoms with van der Waals surface area (Å²) in [5.41, 5.74) is 3.19. The lowest BCUT2D eigenvalue weighted by Crippen LogP contribution is -2.61. The summed E-state index contributed by atoms with van der Waals surface area (Å²) in [6.45, 7) is 11.0. The number of thioether (sulfide) groups is 1. The van der Waals surface area contributed by atoms with Crippen molar-refractivity contribution in [3.63, 3.8) is 0 Å². The zero-order valence-corrected chi connectivity index (χ0v) is 26.1. The quantitative estimate of drug-likeness (QED) is 0.179. The van der Waals surface area contributed by atoms with Crippen molar-refractivity contribution in [2.75, 3.05) is 18.6 Å². The predicted molar refractivity (Wildman–Crippen MR) is 166 cm³/mol. The van der Waals surface area contributed by atoms with Crippen molar-refractivity contribution in [2.24, 2.45) is 0 Å². The molecule has 1 fully saturated rings. The summed E-state index contributed by atoms with van der Waals surface area (Å²) in [5, 5.41) is 0. The number of benzene rings is 3. The Balaban J connectivity index is 1.59. The van der Waals surface area contributed by atoms with Gasteiger partial charge in [0, 0.05) is 6.23 Å². The molecule has 1 saturated heterocycles. The SMILES string of the molecule is CCS[C@@H]1O[C@H](COCc2ccccc2)[C@@H](OCc2ccccc2)[C@H](OCc2ccccc2)[C@H]1OC[Si](C)(C)C. The number of ether oxygens (including phenoxy) is 5. The minimum absolute atomic E-state index is 0.177. The Morgan fingerprint density at radius 3 is 1.65 bits per heavy atom. The van der Waals surface area contributed by atoms with E-state index in [1.54, 1.807) is 11.8 Å². The van der Waals surface area contributed by atoms with Gasteiger partial charge in [-0.1, -0.05) is 118 Å². The molecule has 0 radical (unpaired) electrons. The van der Waals surface area contributed by atoms with Crippen molar-refractivity contribution in [2.45, 2.75) is 76.2 Å². The lowest BCUT2D eigenvalue weighted by atomic mass is 9.99. The Morgan fingerprint density at radius 1 is 0.650 bits per heavy atom. The van der Waals surface area contributed by atoms with Crippen LogP contribution in [-0.4, -0.2) is 56.5 Å². The van der Waals surface area contributed by atoms with Crippen LogP contribution < -0.4 is 0 Å². The van der Waals surface area contributed by atoms with Gasteiger partial charge in [0.15, 0.2) is 0 Å². The topological polar surface area (TPSA) is 46.2 Å². The lowest BCUT2D eigenvalue weighted by Gasteiger charge is -2.46. The molecular weight excluding hydrogens is 537 g/mol. The van der Waals surface area contributed by atoms with Crippen LogP contribution in [0.15, 0.2) is 91.0 Å². The molecule has 5 atom stereocenters. The van der Waals surface area contributed by atoms with Gasteiger partial charge in [-0.05, 0) is 22.4 Å². The van der Waals surface area contributed by atoms with E-state index in [4.69, 9.17) is 23.7 Å². The molecule has 5 nitrogen and oxygen atoms in total. The van der Waals surface area contributed by atoms with Crippen LogP contribution in [0.2, 0.25) is 19.6 Å². The molecule has 4 rings (SSSR count). The monoisotopic (exact) mass is 580 g/mol. The van der Waals surface area contributed by atoms with Gasteiger partial charge in [0.25, 0.3) is 0 Å². The van der Waals surface area contributed by atoms with Gasteiger partial charge >= 0.3 is 0 Å². The smallest absolute Gasteiger partial charge is 0.132 e. The van der Waals surface area contributed by atoms with Gasteiger partial charge < -0.3 is 23.7 Å². The second-order valence-corrected chi connectivity index (χ2v) is 18.1. The molecule has 3 aromatic rings. The third kappa shape index (κ3) is 9.84. The zero-order valence-electron chi connectivity index (χ0n) is 24.2. The molecule has 1 heterocycles. The average molecular weight is 581 g/mol. The Bertz CT molecular complexity index is 1100. The molecule has 1 aliphatic rings. The van der Waals surface area contributed by atoms with Crippen molar-refractivity contribution in [3.05, 3.63) is 108 Å². The van der Waals surface area contributed by atoms with E-state index >= 15 is 0 Å². The fourth-order valence-electron chi connectivity index (χ4n) is 4.63. The molecule has 0 aromatic heterocycles. The maximum Gasteiger partial charge on any atom is 0.132 e. The summed E-state index contributed by atoms with van der Waals surface area (Å²) < 4.78 is 33.1. The Kier molecular flexibility index (Phi) is 12.3. The Morgan fingerprint density at radius 2 is 1.15 bits per heavy atom. The molecule has 0 unspecified atom stereocenters. The van der Waals surface area contributed by atoms with E-state index < -0.39 is 8.07 Å². The van der Waals surface area contributed by atoms with Gasteiger partial charge in [-0.25, -0.2) is 0 Å². The predicted octanol–water partition coefficient (Wildman–Crippen LogP) is 7.11. The largest absolute Gasteiger partial charge is 0.375 e. The summed E-state index contributed by atoms with van der Waals surface area (Å²) in [6, 6.07) is 30.8. The summed E-state index contributed by atoms with van der Waals surface area (Å²) >= 11 is 1.76. The highest BCUT2D eigenvalue weighted by Crippen LogP contribution is 2.35. The molecule has 7 heteroatoms. The number of hydrogen-bond donors (Lipinski definition) is 0. The van der Waals surface area contributed by atoms with E-state index in [-0.39, 0.29) is 29.9 Å². The fraction of sp³-hybridized carbons (Fsp3) is 0.455. The standard InChI is InChI=1S/C33H44O5SSi/c1-5-39-33-32(37-25-40(2,3)4)31(36-23-28-19-13-8-14-20-28)30(35-22-27-17-11-7-12-18-27)29(38-33)24-34-21-26-15-9-6-10-16-26/h6-20,29-33H,5,21-25H2,1-4H3/t29-,30-,31+,32-,33+/m1/s1. The van der Waals surface area contributed by atoms with Gasteiger partial charge in [-0.2, -0.15) is 0 Å². The summed E-state index contributed by atoms with van der Waals surface area (Å²) in [5.74, 6) is 0.913. The first kappa shape index (κ1) is 31.0. The molecule has 40 heavy (non-hydrogen) atoms. The lowest BCUT2D eigenvalue weighted by molar-refractivity contribution is -0.250. The highest BCUT2D eigenvalue weighted by molar-refractivity contribution is 7.99. The third-order valence-corrected chi connectivity index (χ3v) is 8.67. The third-order valence-electron chi connectivity index (χ3n) is 6.60. The van der Waals surface area contributed by atoms with Crippen LogP contribution >= 0.6 is 11.8 Å². The van der Waals surface area contributed by atoms with Crippen LogP contribution in [0, 0.1) is 0 Å². The van der Waals surface area contributed by atoms with Gasteiger partial charge in [0.1, 0.15) is 29.9 Å². The van der Waals surface area contributed by atoms with Gasteiger partial charge in [-0.3, -0.25) is 0 Å². The van der Waals surface area contributed by atoms with E-state index in [0.717, 1.165) is 28.7 Å². The molecule has 1 aliphatic heterocycles. The van der Waals surface area contributed by atoms with Gasteiger partial charge in [-0.15, -0.1) is 11.8 Å². The van der Waals surface area contributed by atoms with Crippen molar-refractivity contribution < 1.29 is 23.7 Å². The van der Waals surface area contributed by atoms with E-state index in [1.165, 1.54) is 0 Å². The van der Waals surface area contributed by atoms with Crippen molar-refractivity contribution in [1.82, 2.24) is 0 Å². The van der Waals surface area contributed by atoms with Crippen molar-refractivity contribution in [3.8, 4) is 0 Å². The highest BCUT2D eigenvalue weighted by atomic mass is 32.2. The number of rotatable bonds is 15. The molecule has 216 valence electrons. The van der Waals surface area contributed by atoms with Crippen LogP contribution in [0.5, 0.6) is 0 Å². The second-order valence-electron chi connectivity index (χ2n) is 11.4. The molecule has 0 saturated carbocycles. The van der Waals surface area contributed by atoms with Crippen LogP contribution in [0.3, 0.4) is 0 Å². The second kappa shape index (κ2) is 15.9. The summed E-state index contributed by atoms with van der Waals surface area (Å²) in [4.78, 5) is 0. The first-order chi connectivity index (χ1) is 19.4. The minimum Gasteiger partial charge on any atom is -0.375 e. The van der Waals surface area contributed by atoms with Crippen LogP contribution in [0.4, 0.5) is 0 Å². The molecule has 0 aliphatic carbocycles. The molecule has 0 bridgehead atoms. The maximum atomic E-state index is 6.75. The normalized spacial score (nSPS) is 23.2. The van der Waals surface area contributed by atoms with E-state index in [1.807, 2.05) is 54.6 Å². The van der Waals surface area contributed by atoms with E-state index in [2.05, 4.69) is 63.0 Å². The van der Waals surface area contributed by atoms with Crippen LogP contribution in [-0.2, 0) is 43.5 Å². The fourth-order valence-corrected chi connectivity index (χ4v) is 6.29. The first-order valence-corrected chi connectivity index (χ1v) is 19.0. The molecule has 0 spiro atoms. The average Bonchev–Trinajstić information content (AvgIpc) is 2.96. The molecule has 0 amide bonds.